The predicted octanol–water partition coefficient (Wildman–Crippen LogP) is 4.17. The van der Waals surface area contributed by atoms with Crippen molar-refractivity contribution in [2.75, 3.05) is 0 Å². The normalized spacial score (nSPS) is 13.0. The van der Waals surface area contributed by atoms with Gasteiger partial charge in [-0.1, -0.05) is 48.5 Å². The van der Waals surface area contributed by atoms with E-state index >= 15 is 0 Å². The fourth-order valence-corrected chi connectivity index (χ4v) is 2.44. The Kier molecular flexibility index (Phi) is 8.41. The number of rotatable bonds is 0. The molecule has 0 atom stereocenters. The molecule has 0 fully saturated rings. The van der Waals surface area contributed by atoms with Crippen LogP contribution >= 0.6 is 12.4 Å². The first-order valence-corrected chi connectivity index (χ1v) is 7.46. The van der Waals surface area contributed by atoms with Gasteiger partial charge in [0, 0.05) is 37.7 Å². The molecule has 2 aromatic rings. The van der Waals surface area contributed by atoms with Crippen molar-refractivity contribution in [3.63, 3.8) is 0 Å². The van der Waals surface area contributed by atoms with Crippen LogP contribution in [0.1, 0.15) is 22.3 Å². The van der Waals surface area contributed by atoms with Gasteiger partial charge in [-0.3, -0.25) is 9.98 Å². The summed E-state index contributed by atoms with van der Waals surface area (Å²) < 4.78 is 0. The maximum absolute atomic E-state index is 4.08. The monoisotopic (exact) mass is 340 g/mol. The summed E-state index contributed by atoms with van der Waals surface area (Å²) in [5.41, 5.74) is 5.27. The lowest BCUT2D eigenvalue weighted by molar-refractivity contribution is 0.824. The maximum Gasteiger partial charge on any atom is 0.0270 e. The van der Waals surface area contributed by atoms with Gasteiger partial charge in [-0.25, -0.2) is 0 Å². The first kappa shape index (κ1) is 19.6. The second kappa shape index (κ2) is 10.3. The molecule has 3 nitrogen and oxygen atoms in total. The van der Waals surface area contributed by atoms with E-state index in [4.69, 9.17) is 0 Å². The first-order valence-electron chi connectivity index (χ1n) is 7.46. The highest BCUT2D eigenvalue weighted by atomic mass is 35.5. The Morgan fingerprint density at radius 1 is 0.625 bits per heavy atom. The van der Waals surface area contributed by atoms with Gasteiger partial charge in [0.25, 0.3) is 0 Å². The molecule has 2 aromatic carbocycles. The molecule has 0 aliphatic carbocycles. The molecule has 0 amide bonds. The van der Waals surface area contributed by atoms with Gasteiger partial charge in [0.1, 0.15) is 0 Å². The van der Waals surface area contributed by atoms with Crippen LogP contribution in [0.3, 0.4) is 0 Å². The summed E-state index contributed by atoms with van der Waals surface area (Å²) in [6.07, 6.45) is 13.5. The maximum atomic E-state index is 4.08. The van der Waals surface area contributed by atoms with Crippen molar-refractivity contribution in [3.8, 4) is 0 Å². The standard InChI is InChI=1S/2C10H9N.ClH.H2O/c2*1-2-4-10-6-8-11-7-5-9(10)3-1;;/h2*1-5,7-8H,6H2;1H;1H2. The molecule has 4 heteroatoms. The number of nitrogens with zero attached hydrogens (tertiary/aromatic N) is 2. The second-order valence-corrected chi connectivity index (χ2v) is 5.10. The molecule has 0 aromatic heterocycles. The molecule has 2 aliphatic heterocycles. The minimum absolute atomic E-state index is 0. The van der Waals surface area contributed by atoms with E-state index in [9.17, 15) is 0 Å². The fourth-order valence-electron chi connectivity index (χ4n) is 2.44. The molecule has 124 valence electrons. The third-order valence-electron chi connectivity index (χ3n) is 3.62. The van der Waals surface area contributed by atoms with Gasteiger partial charge in [-0.2, -0.15) is 0 Å². The highest BCUT2D eigenvalue weighted by Gasteiger charge is 1.98. The van der Waals surface area contributed by atoms with Crippen molar-refractivity contribution in [1.82, 2.24) is 0 Å². The van der Waals surface area contributed by atoms with Gasteiger partial charge in [-0.15, -0.1) is 12.4 Å². The van der Waals surface area contributed by atoms with Gasteiger partial charge in [-0.05, 0) is 34.4 Å². The van der Waals surface area contributed by atoms with E-state index in [0.717, 1.165) is 12.8 Å². The van der Waals surface area contributed by atoms with Crippen LogP contribution in [0.15, 0.2) is 70.9 Å². The molecule has 0 bridgehead atoms. The molecule has 0 radical (unpaired) electrons. The summed E-state index contributed by atoms with van der Waals surface area (Å²) in [5.74, 6) is 0. The predicted molar refractivity (Wildman–Crippen MR) is 106 cm³/mol. The molecule has 0 unspecified atom stereocenters. The van der Waals surface area contributed by atoms with Crippen LogP contribution in [0.5, 0.6) is 0 Å². The third-order valence-corrected chi connectivity index (χ3v) is 3.62. The van der Waals surface area contributed by atoms with E-state index < -0.39 is 0 Å². The smallest absolute Gasteiger partial charge is 0.0270 e. The van der Waals surface area contributed by atoms with Crippen LogP contribution in [0.25, 0.3) is 12.2 Å². The lowest BCUT2D eigenvalue weighted by atomic mass is 10.1. The van der Waals surface area contributed by atoms with E-state index in [2.05, 4.69) is 58.5 Å². The van der Waals surface area contributed by atoms with Crippen molar-refractivity contribution >= 4 is 37.0 Å². The topological polar surface area (TPSA) is 56.2 Å². The van der Waals surface area contributed by atoms with E-state index in [0.29, 0.717) is 0 Å². The largest absolute Gasteiger partial charge is 0.412 e. The highest BCUT2D eigenvalue weighted by Crippen LogP contribution is 2.13. The van der Waals surface area contributed by atoms with Crippen LogP contribution in [0, 0.1) is 0 Å². The molecular formula is C20H21ClN2O. The minimum Gasteiger partial charge on any atom is -0.412 e. The van der Waals surface area contributed by atoms with Gasteiger partial charge in [0.15, 0.2) is 0 Å². The average molecular weight is 341 g/mol. The molecule has 24 heavy (non-hydrogen) atoms. The molecule has 0 saturated heterocycles. The van der Waals surface area contributed by atoms with Crippen molar-refractivity contribution in [2.45, 2.75) is 12.8 Å². The van der Waals surface area contributed by atoms with Crippen LogP contribution in [0.4, 0.5) is 0 Å². The molecule has 2 aliphatic rings. The third kappa shape index (κ3) is 5.30. The van der Waals surface area contributed by atoms with E-state index in [-0.39, 0.29) is 17.9 Å². The lowest BCUT2D eigenvalue weighted by Crippen LogP contribution is -1.87. The number of hydrogen-bond donors (Lipinski definition) is 0. The number of hydrogen-bond acceptors (Lipinski definition) is 2. The molecule has 0 spiro atoms. The SMILES string of the molecule is C1=Cc2ccccc2CC=N1.C1=Cc2ccccc2CC=N1.Cl.O. The Morgan fingerprint density at radius 3 is 1.50 bits per heavy atom. The number of aliphatic imine (C=N–C) groups is 2. The zero-order valence-electron chi connectivity index (χ0n) is 13.3. The highest BCUT2D eigenvalue weighted by molar-refractivity contribution is 5.85. The van der Waals surface area contributed by atoms with Crippen LogP contribution in [0.2, 0.25) is 0 Å². The van der Waals surface area contributed by atoms with E-state index in [1.807, 2.05) is 37.0 Å². The molecule has 0 saturated carbocycles. The molecular weight excluding hydrogens is 320 g/mol. The zero-order chi connectivity index (χ0) is 15.0. The van der Waals surface area contributed by atoms with E-state index in [1.54, 1.807) is 0 Å². The Balaban J connectivity index is 0.000000222. The van der Waals surface area contributed by atoms with Gasteiger partial charge >= 0.3 is 0 Å². The van der Waals surface area contributed by atoms with Crippen molar-refractivity contribution in [2.24, 2.45) is 9.98 Å². The summed E-state index contributed by atoms with van der Waals surface area (Å²) in [7, 11) is 0. The van der Waals surface area contributed by atoms with Crippen LogP contribution in [-0.4, -0.2) is 17.9 Å². The van der Waals surface area contributed by atoms with Gasteiger partial charge in [0.05, 0.1) is 0 Å². The Hall–Kier alpha value is -2.49. The van der Waals surface area contributed by atoms with E-state index in [1.165, 1.54) is 22.3 Å². The van der Waals surface area contributed by atoms with Crippen molar-refractivity contribution in [3.05, 3.63) is 83.2 Å². The number of benzene rings is 2. The Labute approximate surface area is 148 Å². The summed E-state index contributed by atoms with van der Waals surface area (Å²) in [5, 5.41) is 0. The Morgan fingerprint density at radius 2 is 1.04 bits per heavy atom. The second-order valence-electron chi connectivity index (χ2n) is 5.10. The Bertz CT molecular complexity index is 698. The van der Waals surface area contributed by atoms with Crippen LogP contribution in [-0.2, 0) is 12.8 Å². The fraction of sp³-hybridized carbons (Fsp3) is 0.100. The summed E-state index contributed by atoms with van der Waals surface area (Å²) in [6.45, 7) is 0. The summed E-state index contributed by atoms with van der Waals surface area (Å²) >= 11 is 0. The van der Waals surface area contributed by atoms with Crippen molar-refractivity contribution in [1.29, 1.82) is 0 Å². The molecule has 4 rings (SSSR count). The summed E-state index contributed by atoms with van der Waals surface area (Å²) in [6, 6.07) is 16.7. The van der Waals surface area contributed by atoms with Crippen molar-refractivity contribution < 1.29 is 5.48 Å². The number of halogens is 1. The quantitative estimate of drug-likeness (QED) is 0.691. The summed E-state index contributed by atoms with van der Waals surface area (Å²) in [4.78, 5) is 8.16. The zero-order valence-corrected chi connectivity index (χ0v) is 14.1. The lowest BCUT2D eigenvalue weighted by Gasteiger charge is -1.98. The molecule has 2 N–H and O–H groups in total. The number of fused-ring (bicyclic) bond motifs is 2. The van der Waals surface area contributed by atoms with Gasteiger partial charge in [0.2, 0.25) is 0 Å². The minimum atomic E-state index is 0. The first-order chi connectivity index (χ1) is 10.9. The van der Waals surface area contributed by atoms with Crippen LogP contribution < -0.4 is 0 Å². The molecule has 2 heterocycles. The van der Waals surface area contributed by atoms with Gasteiger partial charge < -0.3 is 5.48 Å². The average Bonchev–Trinajstić information content (AvgIpc) is 2.95.